The van der Waals surface area contributed by atoms with Gasteiger partial charge < -0.3 is 14.8 Å². The van der Waals surface area contributed by atoms with Gasteiger partial charge in [-0.25, -0.2) is 0 Å². The lowest BCUT2D eigenvalue weighted by Crippen LogP contribution is -2.30. The molecule has 0 aromatic heterocycles. The van der Waals surface area contributed by atoms with Crippen LogP contribution in [0.25, 0.3) is 0 Å². The molecule has 0 spiro atoms. The zero-order valence-corrected chi connectivity index (χ0v) is 11.8. The lowest BCUT2D eigenvalue weighted by Gasteiger charge is -2.29. The molecule has 1 N–H and O–H groups in total. The molecular formula is C17H19NO2. The summed E-state index contributed by atoms with van der Waals surface area (Å²) in [7, 11) is 3.41. The molecule has 0 radical (unpaired) electrons. The highest BCUT2D eigenvalue weighted by atomic mass is 16.5. The molecule has 0 aliphatic carbocycles. The summed E-state index contributed by atoms with van der Waals surface area (Å²) >= 11 is 0. The first-order valence-electron chi connectivity index (χ1n) is 6.86. The predicted octanol–water partition coefficient (Wildman–Crippen LogP) is 2.94. The molecule has 1 aliphatic heterocycles. The fraction of sp³-hybridized carbons (Fsp3) is 0.294. The molecule has 3 rings (SSSR count). The van der Waals surface area contributed by atoms with Crippen molar-refractivity contribution < 1.29 is 9.47 Å². The first-order chi connectivity index (χ1) is 9.83. The highest BCUT2D eigenvalue weighted by molar-refractivity contribution is 5.51. The molecule has 1 heterocycles. The van der Waals surface area contributed by atoms with Gasteiger partial charge in [0.2, 0.25) is 0 Å². The number of benzene rings is 2. The normalized spacial score (nSPS) is 17.4. The largest absolute Gasteiger partial charge is 0.497 e. The second kappa shape index (κ2) is 5.55. The van der Waals surface area contributed by atoms with Crippen LogP contribution in [0.2, 0.25) is 0 Å². The van der Waals surface area contributed by atoms with E-state index in [9.17, 15) is 0 Å². The van der Waals surface area contributed by atoms with Crippen molar-refractivity contribution in [2.45, 2.75) is 12.5 Å². The maximum atomic E-state index is 5.53. The van der Waals surface area contributed by atoms with E-state index in [-0.39, 0.29) is 6.04 Å². The van der Waals surface area contributed by atoms with E-state index < -0.39 is 0 Å². The van der Waals surface area contributed by atoms with Gasteiger partial charge in [-0.3, -0.25) is 0 Å². The van der Waals surface area contributed by atoms with Gasteiger partial charge >= 0.3 is 0 Å². The molecule has 1 atom stereocenters. The summed E-state index contributed by atoms with van der Waals surface area (Å²) in [6.45, 7) is 0.954. The molecule has 0 bridgehead atoms. The Kier molecular flexibility index (Phi) is 3.61. The number of rotatable bonds is 3. The van der Waals surface area contributed by atoms with Gasteiger partial charge in [-0.15, -0.1) is 0 Å². The Hall–Kier alpha value is -2.00. The zero-order valence-electron chi connectivity index (χ0n) is 11.8. The zero-order chi connectivity index (χ0) is 13.9. The summed E-state index contributed by atoms with van der Waals surface area (Å²) in [5, 5.41) is 3.58. The van der Waals surface area contributed by atoms with Crippen LogP contribution in [0.3, 0.4) is 0 Å². The first kappa shape index (κ1) is 13.0. The number of ether oxygens (including phenoxy) is 2. The molecule has 1 unspecified atom stereocenters. The van der Waals surface area contributed by atoms with E-state index >= 15 is 0 Å². The molecule has 1 aliphatic rings. The van der Waals surface area contributed by atoms with Gasteiger partial charge in [-0.05, 0) is 23.6 Å². The number of methoxy groups -OCH3 is 2. The average molecular weight is 269 g/mol. The third-order valence-corrected chi connectivity index (χ3v) is 3.84. The van der Waals surface area contributed by atoms with E-state index in [2.05, 4.69) is 35.6 Å². The first-order valence-corrected chi connectivity index (χ1v) is 6.86. The van der Waals surface area contributed by atoms with E-state index in [4.69, 9.17) is 9.47 Å². The van der Waals surface area contributed by atoms with Crippen molar-refractivity contribution in [2.75, 3.05) is 20.8 Å². The van der Waals surface area contributed by atoms with E-state index in [1.165, 1.54) is 16.7 Å². The van der Waals surface area contributed by atoms with E-state index in [0.29, 0.717) is 0 Å². The Morgan fingerprint density at radius 2 is 1.85 bits per heavy atom. The Bertz CT molecular complexity index is 595. The molecule has 2 aromatic rings. The smallest absolute Gasteiger partial charge is 0.126 e. The number of nitrogens with one attached hydrogen (secondary N) is 1. The minimum absolute atomic E-state index is 0.198. The monoisotopic (exact) mass is 269 g/mol. The van der Waals surface area contributed by atoms with Gasteiger partial charge in [0, 0.05) is 18.2 Å². The van der Waals surface area contributed by atoms with E-state index in [0.717, 1.165) is 24.5 Å². The summed E-state index contributed by atoms with van der Waals surface area (Å²) in [5.41, 5.74) is 3.79. The summed E-state index contributed by atoms with van der Waals surface area (Å²) < 4.78 is 10.9. The Morgan fingerprint density at radius 3 is 2.55 bits per heavy atom. The van der Waals surface area contributed by atoms with Gasteiger partial charge in [0.15, 0.2) is 0 Å². The lowest BCUT2D eigenvalue weighted by molar-refractivity contribution is 0.385. The second-order valence-electron chi connectivity index (χ2n) is 4.95. The third kappa shape index (κ3) is 2.25. The van der Waals surface area contributed by atoms with Gasteiger partial charge in [0.25, 0.3) is 0 Å². The third-order valence-electron chi connectivity index (χ3n) is 3.84. The Morgan fingerprint density at radius 1 is 1.05 bits per heavy atom. The fourth-order valence-electron chi connectivity index (χ4n) is 2.86. The molecule has 0 saturated heterocycles. The van der Waals surface area contributed by atoms with Gasteiger partial charge in [0.1, 0.15) is 11.5 Å². The van der Waals surface area contributed by atoms with Crippen molar-refractivity contribution in [1.82, 2.24) is 5.32 Å². The summed E-state index contributed by atoms with van der Waals surface area (Å²) in [4.78, 5) is 0. The topological polar surface area (TPSA) is 30.5 Å². The summed E-state index contributed by atoms with van der Waals surface area (Å²) in [6, 6.07) is 14.8. The van der Waals surface area contributed by atoms with Crippen LogP contribution in [-0.2, 0) is 6.42 Å². The van der Waals surface area contributed by atoms with Crippen molar-refractivity contribution in [3.05, 3.63) is 59.2 Å². The van der Waals surface area contributed by atoms with Crippen LogP contribution in [0.5, 0.6) is 11.5 Å². The maximum Gasteiger partial charge on any atom is 0.126 e. The Labute approximate surface area is 119 Å². The van der Waals surface area contributed by atoms with Crippen molar-refractivity contribution in [3.8, 4) is 11.5 Å². The van der Waals surface area contributed by atoms with Crippen molar-refractivity contribution in [2.24, 2.45) is 0 Å². The van der Waals surface area contributed by atoms with Gasteiger partial charge in [-0.2, -0.15) is 0 Å². The molecule has 20 heavy (non-hydrogen) atoms. The van der Waals surface area contributed by atoms with Crippen LogP contribution in [0.1, 0.15) is 22.7 Å². The van der Waals surface area contributed by atoms with Crippen LogP contribution in [0, 0.1) is 0 Å². The highest BCUT2D eigenvalue weighted by Gasteiger charge is 2.24. The average Bonchev–Trinajstić information content (AvgIpc) is 2.54. The van der Waals surface area contributed by atoms with Crippen LogP contribution in [0.4, 0.5) is 0 Å². The van der Waals surface area contributed by atoms with Crippen molar-refractivity contribution in [3.63, 3.8) is 0 Å². The molecule has 0 amide bonds. The predicted molar refractivity (Wildman–Crippen MR) is 79.5 cm³/mol. The molecule has 0 saturated carbocycles. The fourth-order valence-corrected chi connectivity index (χ4v) is 2.86. The standard InChI is InChI=1S/C17H19NO2/c1-19-13-10-15-14(16(11-13)20-2)8-9-18-17(15)12-6-4-3-5-7-12/h3-7,10-11,17-18H,8-9H2,1-2H3. The molecular weight excluding hydrogens is 250 g/mol. The lowest BCUT2D eigenvalue weighted by atomic mass is 9.89. The number of hydrogen-bond acceptors (Lipinski definition) is 3. The van der Waals surface area contributed by atoms with Crippen LogP contribution >= 0.6 is 0 Å². The minimum Gasteiger partial charge on any atom is -0.497 e. The molecule has 3 heteroatoms. The van der Waals surface area contributed by atoms with Gasteiger partial charge in [-0.1, -0.05) is 30.3 Å². The van der Waals surface area contributed by atoms with E-state index in [1.807, 2.05) is 12.1 Å². The van der Waals surface area contributed by atoms with Crippen molar-refractivity contribution in [1.29, 1.82) is 0 Å². The maximum absolute atomic E-state index is 5.53. The minimum atomic E-state index is 0.198. The van der Waals surface area contributed by atoms with Crippen molar-refractivity contribution >= 4 is 0 Å². The summed E-state index contributed by atoms with van der Waals surface area (Å²) in [6.07, 6.45) is 0.978. The number of hydrogen-bond donors (Lipinski definition) is 1. The molecule has 2 aromatic carbocycles. The van der Waals surface area contributed by atoms with Gasteiger partial charge in [0.05, 0.1) is 20.3 Å². The Balaban J connectivity index is 2.12. The molecule has 3 nitrogen and oxygen atoms in total. The molecule has 104 valence electrons. The molecule has 0 fully saturated rings. The summed E-state index contributed by atoms with van der Waals surface area (Å²) in [5.74, 6) is 1.76. The van der Waals surface area contributed by atoms with Crippen LogP contribution < -0.4 is 14.8 Å². The highest BCUT2D eigenvalue weighted by Crippen LogP contribution is 2.37. The SMILES string of the molecule is COc1cc(OC)c2c(c1)C(c1ccccc1)NCC2. The van der Waals surface area contributed by atoms with Crippen LogP contribution in [-0.4, -0.2) is 20.8 Å². The second-order valence-corrected chi connectivity index (χ2v) is 4.95. The number of fused-ring (bicyclic) bond motifs is 1. The van der Waals surface area contributed by atoms with Crippen LogP contribution in [0.15, 0.2) is 42.5 Å². The quantitative estimate of drug-likeness (QED) is 0.929. The van der Waals surface area contributed by atoms with E-state index in [1.54, 1.807) is 14.2 Å².